The fourth-order valence-electron chi connectivity index (χ4n) is 1.79. The number of hydrogen-bond acceptors (Lipinski definition) is 7. The smallest absolute Gasteiger partial charge is 0.313 e. The van der Waals surface area contributed by atoms with Gasteiger partial charge in [0, 0.05) is 6.07 Å². The third-order valence-electron chi connectivity index (χ3n) is 2.68. The average molecular weight is 323 g/mol. The third kappa shape index (κ3) is 2.83. The van der Waals surface area contributed by atoms with Gasteiger partial charge in [0.05, 0.1) is 23.9 Å². The van der Waals surface area contributed by atoms with E-state index in [1.807, 2.05) is 0 Å². The van der Waals surface area contributed by atoms with E-state index >= 15 is 0 Å². The Hall–Kier alpha value is -2.13. The van der Waals surface area contributed by atoms with Crippen LogP contribution in [0, 0.1) is 0 Å². The fourth-order valence-corrected chi connectivity index (χ4v) is 3.31. The Morgan fingerprint density at radius 2 is 2.33 bits per heavy atom. The van der Waals surface area contributed by atoms with E-state index in [0.29, 0.717) is 21.1 Å². The zero-order valence-corrected chi connectivity index (χ0v) is 12.2. The Labute approximate surface area is 126 Å². The topological polar surface area (TPSA) is 98.2 Å². The van der Waals surface area contributed by atoms with Crippen molar-refractivity contribution < 1.29 is 14.4 Å². The molecular weight excluding hydrogens is 314 g/mol. The number of thioether (sulfide) groups is 1. The molecule has 1 N–H and O–H groups in total. The van der Waals surface area contributed by atoms with Gasteiger partial charge in [-0.25, -0.2) is 4.98 Å². The maximum atomic E-state index is 12.5. The van der Waals surface area contributed by atoms with Crippen LogP contribution in [0.5, 0.6) is 0 Å². The van der Waals surface area contributed by atoms with Crippen molar-refractivity contribution in [1.82, 2.24) is 14.7 Å². The molecule has 0 aromatic carbocycles. The van der Waals surface area contributed by atoms with Crippen molar-refractivity contribution in [2.24, 2.45) is 0 Å². The van der Waals surface area contributed by atoms with Crippen molar-refractivity contribution >= 4 is 39.3 Å². The van der Waals surface area contributed by atoms with E-state index in [-0.39, 0.29) is 17.9 Å². The molecule has 0 aliphatic heterocycles. The Morgan fingerprint density at radius 3 is 3.05 bits per heavy atom. The van der Waals surface area contributed by atoms with Crippen LogP contribution in [0.3, 0.4) is 0 Å². The van der Waals surface area contributed by atoms with E-state index in [4.69, 9.17) is 9.63 Å². The molecule has 21 heavy (non-hydrogen) atoms. The number of thiophene rings is 1. The molecule has 0 atom stereocenters. The lowest BCUT2D eigenvalue weighted by molar-refractivity contribution is -0.133. The summed E-state index contributed by atoms with van der Waals surface area (Å²) in [6.45, 7) is 0.166. The minimum absolute atomic E-state index is 0.166. The van der Waals surface area contributed by atoms with Crippen LogP contribution in [-0.4, -0.2) is 31.5 Å². The molecule has 0 saturated carbocycles. The van der Waals surface area contributed by atoms with Crippen LogP contribution in [0.2, 0.25) is 0 Å². The van der Waals surface area contributed by atoms with Crippen LogP contribution in [0.1, 0.15) is 5.76 Å². The highest BCUT2D eigenvalue weighted by atomic mass is 32.2. The van der Waals surface area contributed by atoms with Crippen LogP contribution in [0.25, 0.3) is 10.2 Å². The lowest BCUT2D eigenvalue weighted by Gasteiger charge is -2.09. The lowest BCUT2D eigenvalue weighted by Crippen LogP contribution is -2.23. The summed E-state index contributed by atoms with van der Waals surface area (Å²) in [5.74, 6) is -0.628. The van der Waals surface area contributed by atoms with Gasteiger partial charge in [0.25, 0.3) is 5.56 Å². The first-order valence-electron chi connectivity index (χ1n) is 5.87. The summed E-state index contributed by atoms with van der Waals surface area (Å²) < 4.78 is 6.41. The number of fused-ring (bicyclic) bond motifs is 1. The normalized spacial score (nSPS) is 11.0. The van der Waals surface area contributed by atoms with E-state index in [1.54, 1.807) is 17.5 Å². The van der Waals surface area contributed by atoms with Crippen molar-refractivity contribution in [3.63, 3.8) is 0 Å². The fraction of sp³-hybridized carbons (Fsp3) is 0.167. The van der Waals surface area contributed by atoms with Crippen LogP contribution >= 0.6 is 23.1 Å². The molecule has 3 aromatic rings. The second-order valence-corrected chi connectivity index (χ2v) is 5.92. The third-order valence-corrected chi connectivity index (χ3v) is 4.45. The number of nitrogens with zero attached hydrogens (tertiary/aromatic N) is 3. The van der Waals surface area contributed by atoms with Gasteiger partial charge in [-0.3, -0.25) is 14.2 Å². The van der Waals surface area contributed by atoms with E-state index < -0.39 is 5.97 Å². The Kier molecular flexibility index (Phi) is 3.76. The van der Waals surface area contributed by atoms with Gasteiger partial charge in [-0.05, 0) is 11.4 Å². The number of carboxylic acid groups (broad SMARTS) is 1. The molecule has 108 valence electrons. The molecule has 0 amide bonds. The van der Waals surface area contributed by atoms with Gasteiger partial charge in [-0.15, -0.1) is 11.3 Å². The molecule has 0 unspecified atom stereocenters. The first kappa shape index (κ1) is 13.8. The largest absolute Gasteiger partial charge is 0.481 e. The Bertz CT molecular complexity index is 838. The maximum Gasteiger partial charge on any atom is 0.313 e. The average Bonchev–Trinajstić information content (AvgIpc) is 3.11. The van der Waals surface area contributed by atoms with E-state index in [2.05, 4.69) is 10.1 Å². The summed E-state index contributed by atoms with van der Waals surface area (Å²) in [5, 5.41) is 15.0. The van der Waals surface area contributed by atoms with Gasteiger partial charge in [-0.2, -0.15) is 0 Å². The van der Waals surface area contributed by atoms with Gasteiger partial charge in [-0.1, -0.05) is 16.9 Å². The molecule has 3 aromatic heterocycles. The predicted octanol–water partition coefficient (Wildman–Crippen LogP) is 1.67. The van der Waals surface area contributed by atoms with Crippen LogP contribution in [0.15, 0.2) is 38.2 Å². The number of rotatable bonds is 5. The van der Waals surface area contributed by atoms with Crippen molar-refractivity contribution in [3.05, 3.63) is 39.8 Å². The maximum absolute atomic E-state index is 12.5. The van der Waals surface area contributed by atoms with E-state index in [0.717, 1.165) is 11.8 Å². The summed E-state index contributed by atoms with van der Waals surface area (Å²) in [4.78, 5) is 28.2. The summed E-state index contributed by atoms with van der Waals surface area (Å²) in [6, 6.07) is 3.35. The molecule has 9 heteroatoms. The second-order valence-electron chi connectivity index (χ2n) is 4.09. The minimum Gasteiger partial charge on any atom is -0.481 e. The Morgan fingerprint density at radius 1 is 1.48 bits per heavy atom. The van der Waals surface area contributed by atoms with Gasteiger partial charge < -0.3 is 9.63 Å². The summed E-state index contributed by atoms with van der Waals surface area (Å²) in [6.07, 6.45) is 1.49. The van der Waals surface area contributed by atoms with Crippen LogP contribution in [-0.2, 0) is 11.3 Å². The molecular formula is C12H9N3O4S2. The van der Waals surface area contributed by atoms with Gasteiger partial charge in [0.2, 0.25) is 0 Å². The molecule has 0 aliphatic carbocycles. The molecule has 0 bridgehead atoms. The van der Waals surface area contributed by atoms with Crippen molar-refractivity contribution in [3.8, 4) is 0 Å². The number of hydrogen-bond donors (Lipinski definition) is 1. The molecule has 0 fully saturated rings. The van der Waals surface area contributed by atoms with E-state index in [9.17, 15) is 9.59 Å². The highest BCUT2D eigenvalue weighted by Gasteiger charge is 2.15. The Balaban J connectivity index is 2.08. The summed E-state index contributed by atoms with van der Waals surface area (Å²) in [5.41, 5.74) is -0.217. The molecule has 0 radical (unpaired) electrons. The SMILES string of the molecule is O=C(O)CSc1nc2sccc2c(=O)n1Cc1ccno1. The van der Waals surface area contributed by atoms with Crippen molar-refractivity contribution in [2.75, 3.05) is 5.75 Å². The molecule has 3 heterocycles. The molecule has 3 rings (SSSR count). The van der Waals surface area contributed by atoms with Crippen LogP contribution < -0.4 is 5.56 Å². The number of carboxylic acids is 1. The first-order chi connectivity index (χ1) is 10.1. The highest BCUT2D eigenvalue weighted by Crippen LogP contribution is 2.21. The number of carbonyl (C=O) groups is 1. The lowest BCUT2D eigenvalue weighted by atomic mass is 10.4. The highest BCUT2D eigenvalue weighted by molar-refractivity contribution is 7.99. The van der Waals surface area contributed by atoms with Gasteiger partial charge >= 0.3 is 5.97 Å². The quantitative estimate of drug-likeness (QED) is 0.563. The van der Waals surface area contributed by atoms with Gasteiger partial charge in [0.1, 0.15) is 4.83 Å². The zero-order chi connectivity index (χ0) is 14.8. The minimum atomic E-state index is -0.966. The number of aliphatic carboxylic acids is 1. The molecule has 0 spiro atoms. The number of aromatic nitrogens is 3. The monoisotopic (exact) mass is 323 g/mol. The van der Waals surface area contributed by atoms with Crippen LogP contribution in [0.4, 0.5) is 0 Å². The molecule has 7 nitrogen and oxygen atoms in total. The van der Waals surface area contributed by atoms with E-state index in [1.165, 1.54) is 22.1 Å². The molecule has 0 saturated heterocycles. The first-order valence-corrected chi connectivity index (χ1v) is 7.74. The standard InChI is InChI=1S/C12H9N3O4S2/c16-9(17)6-21-12-14-10-8(2-4-20-10)11(18)15(12)5-7-1-3-13-19-7/h1-4H,5-6H2,(H,16,17). The summed E-state index contributed by atoms with van der Waals surface area (Å²) in [7, 11) is 0. The summed E-state index contributed by atoms with van der Waals surface area (Å²) >= 11 is 2.35. The van der Waals surface area contributed by atoms with Crippen molar-refractivity contribution in [1.29, 1.82) is 0 Å². The van der Waals surface area contributed by atoms with Gasteiger partial charge in [0.15, 0.2) is 10.9 Å². The zero-order valence-electron chi connectivity index (χ0n) is 10.6. The predicted molar refractivity (Wildman–Crippen MR) is 77.8 cm³/mol. The second kappa shape index (κ2) is 5.70. The van der Waals surface area contributed by atoms with Crippen molar-refractivity contribution in [2.45, 2.75) is 11.7 Å². The molecule has 0 aliphatic rings.